The molecule has 0 saturated carbocycles. The van der Waals surface area contributed by atoms with Gasteiger partial charge in [0.2, 0.25) is 10.0 Å². The van der Waals surface area contributed by atoms with Crippen LogP contribution in [0.15, 0.2) is 35.2 Å². The summed E-state index contributed by atoms with van der Waals surface area (Å²) in [5.41, 5.74) is 7.30. The molecule has 7 heteroatoms. The number of aromatic nitrogens is 2. The van der Waals surface area contributed by atoms with Gasteiger partial charge in [0.1, 0.15) is 4.90 Å². The Labute approximate surface area is 125 Å². The Bertz CT molecular complexity index is 723. The molecule has 1 unspecified atom stereocenters. The van der Waals surface area contributed by atoms with Gasteiger partial charge in [-0.25, -0.2) is 13.1 Å². The van der Waals surface area contributed by atoms with Crippen LogP contribution in [0.4, 0.5) is 5.82 Å². The van der Waals surface area contributed by atoms with Crippen molar-refractivity contribution in [3.8, 4) is 0 Å². The van der Waals surface area contributed by atoms with Gasteiger partial charge in [0.05, 0.1) is 5.69 Å². The molecule has 1 aromatic carbocycles. The fraction of sp³-hybridized carbons (Fsp3) is 0.357. The minimum absolute atomic E-state index is 0.0230. The van der Waals surface area contributed by atoms with E-state index in [2.05, 4.69) is 9.82 Å². The number of benzene rings is 1. The molecule has 0 saturated heterocycles. The molecule has 0 amide bonds. The lowest BCUT2D eigenvalue weighted by Gasteiger charge is -2.13. The average molecular weight is 308 g/mol. The number of nitrogens with two attached hydrogens (primary N) is 1. The number of sulfonamides is 1. The highest BCUT2D eigenvalue weighted by molar-refractivity contribution is 7.89. The topological polar surface area (TPSA) is 90.0 Å². The summed E-state index contributed by atoms with van der Waals surface area (Å²) in [6, 6.07) is 9.75. The summed E-state index contributed by atoms with van der Waals surface area (Å²) >= 11 is 0. The standard InChI is InChI=1S/C14H20N4O2S/c1-10(12-7-5-4-6-8-12)9-16-21(19,20)13-11(2)18(3)17-14(13)15/h4-8,10,16H,9H2,1-3H3,(H2,15,17). The van der Waals surface area contributed by atoms with Gasteiger partial charge in [0, 0.05) is 13.6 Å². The van der Waals surface area contributed by atoms with Crippen molar-refractivity contribution in [1.29, 1.82) is 0 Å². The second-order valence-corrected chi connectivity index (χ2v) is 6.79. The molecule has 0 spiro atoms. The zero-order valence-corrected chi connectivity index (χ0v) is 13.2. The SMILES string of the molecule is Cc1c(S(=O)(=O)NCC(C)c2ccccc2)c(N)nn1C. The molecule has 0 bridgehead atoms. The van der Waals surface area contributed by atoms with Crippen molar-refractivity contribution < 1.29 is 8.42 Å². The van der Waals surface area contributed by atoms with Crippen LogP contribution in [-0.4, -0.2) is 24.7 Å². The lowest BCUT2D eigenvalue weighted by Crippen LogP contribution is -2.28. The van der Waals surface area contributed by atoms with Crippen LogP contribution in [0.2, 0.25) is 0 Å². The molecule has 2 rings (SSSR count). The van der Waals surface area contributed by atoms with Crippen LogP contribution in [0.3, 0.4) is 0 Å². The van der Waals surface area contributed by atoms with E-state index in [1.807, 2.05) is 37.3 Å². The highest BCUT2D eigenvalue weighted by Crippen LogP contribution is 2.21. The summed E-state index contributed by atoms with van der Waals surface area (Å²) in [5.74, 6) is 0.0917. The molecule has 1 heterocycles. The van der Waals surface area contributed by atoms with Crippen LogP contribution in [-0.2, 0) is 17.1 Å². The van der Waals surface area contributed by atoms with Crippen LogP contribution in [0, 0.1) is 6.92 Å². The molecule has 6 nitrogen and oxygen atoms in total. The first kappa shape index (κ1) is 15.5. The van der Waals surface area contributed by atoms with Crippen LogP contribution in [0.1, 0.15) is 24.1 Å². The molecule has 0 aliphatic carbocycles. The van der Waals surface area contributed by atoms with E-state index in [0.717, 1.165) is 5.56 Å². The molecule has 0 aliphatic rings. The summed E-state index contributed by atoms with van der Waals surface area (Å²) in [4.78, 5) is 0.0604. The van der Waals surface area contributed by atoms with Gasteiger partial charge in [-0.15, -0.1) is 0 Å². The molecule has 1 aromatic heterocycles. The lowest BCUT2D eigenvalue weighted by atomic mass is 10.0. The van der Waals surface area contributed by atoms with Crippen LogP contribution < -0.4 is 10.5 Å². The molecule has 0 fully saturated rings. The van der Waals surface area contributed by atoms with Crippen molar-refractivity contribution in [3.05, 3.63) is 41.6 Å². The normalized spacial score (nSPS) is 13.3. The van der Waals surface area contributed by atoms with Crippen LogP contribution in [0.5, 0.6) is 0 Å². The number of nitrogen functional groups attached to an aromatic ring is 1. The Kier molecular flexibility index (Phi) is 4.34. The molecule has 0 radical (unpaired) electrons. The first-order valence-electron chi connectivity index (χ1n) is 6.66. The molecule has 21 heavy (non-hydrogen) atoms. The number of anilines is 1. The van der Waals surface area contributed by atoms with E-state index < -0.39 is 10.0 Å². The van der Waals surface area contributed by atoms with E-state index in [-0.39, 0.29) is 16.6 Å². The summed E-state index contributed by atoms with van der Waals surface area (Å²) < 4.78 is 28.8. The zero-order valence-electron chi connectivity index (χ0n) is 12.4. The molecular formula is C14H20N4O2S. The van der Waals surface area contributed by atoms with Crippen LogP contribution in [0.25, 0.3) is 0 Å². The number of hydrogen-bond donors (Lipinski definition) is 2. The second-order valence-electron chi connectivity index (χ2n) is 5.09. The van der Waals surface area contributed by atoms with E-state index in [9.17, 15) is 8.42 Å². The smallest absolute Gasteiger partial charge is 0.246 e. The van der Waals surface area contributed by atoms with Crippen molar-refractivity contribution in [2.75, 3.05) is 12.3 Å². The predicted molar refractivity (Wildman–Crippen MR) is 82.4 cm³/mol. The summed E-state index contributed by atoms with van der Waals surface area (Å²) in [5, 5.41) is 3.94. The van der Waals surface area contributed by atoms with Crippen molar-refractivity contribution in [2.45, 2.75) is 24.7 Å². The number of hydrogen-bond acceptors (Lipinski definition) is 4. The Morgan fingerprint density at radius 3 is 2.48 bits per heavy atom. The molecule has 0 aliphatic heterocycles. The largest absolute Gasteiger partial charge is 0.381 e. The van der Waals surface area contributed by atoms with Crippen molar-refractivity contribution in [1.82, 2.24) is 14.5 Å². The van der Waals surface area contributed by atoms with E-state index >= 15 is 0 Å². The molecule has 1 atom stereocenters. The summed E-state index contributed by atoms with van der Waals surface area (Å²) in [6.07, 6.45) is 0. The molecule has 2 aromatic rings. The quantitative estimate of drug-likeness (QED) is 0.873. The Balaban J connectivity index is 2.15. The van der Waals surface area contributed by atoms with Gasteiger partial charge < -0.3 is 5.73 Å². The number of nitrogens with zero attached hydrogens (tertiary/aromatic N) is 2. The van der Waals surface area contributed by atoms with Gasteiger partial charge in [-0.05, 0) is 18.4 Å². The van der Waals surface area contributed by atoms with Gasteiger partial charge in [-0.2, -0.15) is 5.10 Å². The van der Waals surface area contributed by atoms with E-state index in [1.165, 1.54) is 4.68 Å². The monoisotopic (exact) mass is 308 g/mol. The summed E-state index contributed by atoms with van der Waals surface area (Å²) in [6.45, 7) is 3.95. The Morgan fingerprint density at radius 1 is 1.33 bits per heavy atom. The van der Waals surface area contributed by atoms with Gasteiger partial charge in [-0.1, -0.05) is 37.3 Å². The third kappa shape index (κ3) is 3.25. The minimum Gasteiger partial charge on any atom is -0.381 e. The first-order chi connectivity index (χ1) is 9.83. The van der Waals surface area contributed by atoms with E-state index in [1.54, 1.807) is 14.0 Å². The highest BCUT2D eigenvalue weighted by Gasteiger charge is 2.24. The average Bonchev–Trinajstić information content (AvgIpc) is 2.71. The molecule has 3 N–H and O–H groups in total. The van der Waals surface area contributed by atoms with Gasteiger partial charge in [0.15, 0.2) is 5.82 Å². The lowest BCUT2D eigenvalue weighted by molar-refractivity contribution is 0.574. The second kappa shape index (κ2) is 5.87. The third-order valence-corrected chi connectivity index (χ3v) is 5.11. The number of nitrogens with one attached hydrogen (secondary N) is 1. The molecule has 114 valence electrons. The predicted octanol–water partition coefficient (Wildman–Crippen LogP) is 1.39. The fourth-order valence-electron chi connectivity index (χ4n) is 2.15. The zero-order chi connectivity index (χ0) is 15.6. The van der Waals surface area contributed by atoms with Crippen LogP contribution >= 0.6 is 0 Å². The number of rotatable bonds is 5. The van der Waals surface area contributed by atoms with E-state index in [4.69, 9.17) is 5.73 Å². The van der Waals surface area contributed by atoms with Gasteiger partial charge in [0.25, 0.3) is 0 Å². The fourth-order valence-corrected chi connectivity index (χ4v) is 3.60. The van der Waals surface area contributed by atoms with Crippen molar-refractivity contribution in [3.63, 3.8) is 0 Å². The minimum atomic E-state index is -3.66. The third-order valence-electron chi connectivity index (χ3n) is 3.52. The Morgan fingerprint density at radius 2 is 1.95 bits per heavy atom. The van der Waals surface area contributed by atoms with Crippen molar-refractivity contribution >= 4 is 15.8 Å². The maximum absolute atomic E-state index is 12.4. The van der Waals surface area contributed by atoms with Gasteiger partial charge >= 0.3 is 0 Å². The Hall–Kier alpha value is -1.86. The maximum Gasteiger partial charge on any atom is 0.246 e. The first-order valence-corrected chi connectivity index (χ1v) is 8.15. The number of aryl methyl sites for hydroxylation is 1. The van der Waals surface area contributed by atoms with E-state index in [0.29, 0.717) is 12.2 Å². The van der Waals surface area contributed by atoms with Crippen molar-refractivity contribution in [2.24, 2.45) is 7.05 Å². The van der Waals surface area contributed by atoms with Gasteiger partial charge in [-0.3, -0.25) is 4.68 Å². The summed E-state index contributed by atoms with van der Waals surface area (Å²) in [7, 11) is -2.00. The highest BCUT2D eigenvalue weighted by atomic mass is 32.2. The maximum atomic E-state index is 12.4. The molecular weight excluding hydrogens is 288 g/mol.